The Morgan fingerprint density at radius 3 is 2.50 bits per heavy atom. The lowest BCUT2D eigenvalue weighted by atomic mass is 9.84. The molecule has 1 aliphatic rings. The fraction of sp³-hybridized carbons (Fsp3) is 0.667. The van der Waals surface area contributed by atoms with Crippen LogP contribution in [0, 0.1) is 5.41 Å². The summed E-state index contributed by atoms with van der Waals surface area (Å²) >= 11 is 0. The van der Waals surface area contributed by atoms with Gasteiger partial charge in [0.2, 0.25) is 11.8 Å². The Labute approximate surface area is 96.7 Å². The van der Waals surface area contributed by atoms with E-state index < -0.39 is 6.04 Å². The van der Waals surface area contributed by atoms with Crippen LogP contribution in [0.5, 0.6) is 0 Å². The maximum Gasteiger partial charge on any atom is 0.246 e. The Balaban J connectivity index is 2.86. The van der Waals surface area contributed by atoms with Crippen molar-refractivity contribution < 1.29 is 9.59 Å². The summed E-state index contributed by atoms with van der Waals surface area (Å²) in [5.74, 6) is -0.115. The molecule has 1 atom stereocenters. The summed E-state index contributed by atoms with van der Waals surface area (Å²) in [5.41, 5.74) is 0.622. The first-order chi connectivity index (χ1) is 7.21. The third-order valence-corrected chi connectivity index (χ3v) is 2.53. The van der Waals surface area contributed by atoms with E-state index in [0.29, 0.717) is 6.54 Å². The predicted molar refractivity (Wildman–Crippen MR) is 62.8 cm³/mol. The van der Waals surface area contributed by atoms with Gasteiger partial charge >= 0.3 is 0 Å². The number of hydrogen-bond acceptors (Lipinski definition) is 2. The summed E-state index contributed by atoms with van der Waals surface area (Å²) in [4.78, 5) is 25.2. The highest BCUT2D eigenvalue weighted by Gasteiger charge is 2.39. The largest absolute Gasteiger partial charge is 0.342 e. The number of rotatable bonds is 2. The molecule has 16 heavy (non-hydrogen) atoms. The van der Waals surface area contributed by atoms with Crippen LogP contribution in [0.4, 0.5) is 0 Å². The van der Waals surface area contributed by atoms with E-state index in [1.165, 1.54) is 0 Å². The van der Waals surface area contributed by atoms with Crippen LogP contribution in [0.15, 0.2) is 12.2 Å². The van der Waals surface area contributed by atoms with Gasteiger partial charge in [-0.3, -0.25) is 9.59 Å². The first-order valence-corrected chi connectivity index (χ1v) is 5.44. The molecule has 1 aliphatic heterocycles. The molecule has 0 spiro atoms. The molecule has 0 aromatic heterocycles. The molecule has 4 nitrogen and oxygen atoms in total. The predicted octanol–water partition coefficient (Wildman–Crippen LogP) is 0.936. The van der Waals surface area contributed by atoms with Crippen molar-refractivity contribution in [3.63, 3.8) is 0 Å². The number of carbonyl (C=O) groups excluding carboxylic acids is 2. The molecule has 1 fully saturated rings. The molecule has 1 unspecified atom stereocenters. The molecule has 1 N–H and O–H groups in total. The Bertz CT molecular complexity index is 326. The first-order valence-electron chi connectivity index (χ1n) is 5.44. The second kappa shape index (κ2) is 4.28. The van der Waals surface area contributed by atoms with Crippen LogP contribution in [0.3, 0.4) is 0 Å². The van der Waals surface area contributed by atoms with E-state index in [0.717, 1.165) is 5.57 Å². The number of nitrogens with zero attached hydrogens (tertiary/aromatic N) is 1. The molecule has 0 aromatic rings. The maximum atomic E-state index is 12.1. The van der Waals surface area contributed by atoms with Crippen LogP contribution in [0.25, 0.3) is 0 Å². The summed E-state index contributed by atoms with van der Waals surface area (Å²) < 4.78 is 0. The molecule has 1 heterocycles. The van der Waals surface area contributed by atoms with Gasteiger partial charge in [0.1, 0.15) is 6.04 Å². The topological polar surface area (TPSA) is 49.4 Å². The van der Waals surface area contributed by atoms with Crippen LogP contribution >= 0.6 is 0 Å². The van der Waals surface area contributed by atoms with Crippen molar-refractivity contribution in [2.45, 2.75) is 33.7 Å². The van der Waals surface area contributed by atoms with Crippen LogP contribution in [0.1, 0.15) is 27.7 Å². The van der Waals surface area contributed by atoms with Gasteiger partial charge in [-0.15, -0.1) is 0 Å². The second-order valence-corrected chi connectivity index (χ2v) is 5.52. The quantitative estimate of drug-likeness (QED) is 0.710. The Hall–Kier alpha value is -1.32. The summed E-state index contributed by atoms with van der Waals surface area (Å²) in [6.45, 7) is 12.1. The Morgan fingerprint density at radius 1 is 1.50 bits per heavy atom. The highest BCUT2D eigenvalue weighted by molar-refractivity contribution is 5.95. The van der Waals surface area contributed by atoms with Gasteiger partial charge in [-0.05, 0) is 12.3 Å². The van der Waals surface area contributed by atoms with Gasteiger partial charge < -0.3 is 10.2 Å². The number of carbonyl (C=O) groups is 2. The summed E-state index contributed by atoms with van der Waals surface area (Å²) in [5, 5.41) is 2.75. The van der Waals surface area contributed by atoms with E-state index in [-0.39, 0.29) is 23.8 Å². The fourth-order valence-electron chi connectivity index (χ4n) is 1.75. The minimum absolute atomic E-state index is 0.0184. The minimum atomic E-state index is -0.437. The van der Waals surface area contributed by atoms with Crippen molar-refractivity contribution in [3.8, 4) is 0 Å². The third kappa shape index (κ3) is 2.84. The minimum Gasteiger partial charge on any atom is -0.342 e. The van der Waals surface area contributed by atoms with E-state index in [1.807, 2.05) is 27.7 Å². The molecule has 0 radical (unpaired) electrons. The molecule has 0 aliphatic carbocycles. The van der Waals surface area contributed by atoms with E-state index >= 15 is 0 Å². The van der Waals surface area contributed by atoms with E-state index in [2.05, 4.69) is 11.9 Å². The van der Waals surface area contributed by atoms with E-state index in [4.69, 9.17) is 0 Å². The first kappa shape index (κ1) is 12.7. The van der Waals surface area contributed by atoms with Gasteiger partial charge in [0.25, 0.3) is 0 Å². The maximum absolute atomic E-state index is 12.1. The lowest BCUT2D eigenvalue weighted by Gasteiger charge is -2.38. The lowest BCUT2D eigenvalue weighted by Crippen LogP contribution is -2.62. The molecule has 2 amide bonds. The normalized spacial score (nSPS) is 22.0. The number of nitrogens with one attached hydrogen (secondary N) is 1. The molecule has 1 saturated heterocycles. The van der Waals surface area contributed by atoms with E-state index in [1.54, 1.807) is 4.90 Å². The zero-order valence-corrected chi connectivity index (χ0v) is 10.5. The van der Waals surface area contributed by atoms with Gasteiger partial charge in [0, 0.05) is 6.54 Å². The zero-order chi connectivity index (χ0) is 12.5. The number of amides is 2. The molecule has 0 bridgehead atoms. The van der Waals surface area contributed by atoms with Gasteiger partial charge in [-0.2, -0.15) is 0 Å². The number of piperazine rings is 1. The highest BCUT2D eigenvalue weighted by atomic mass is 16.2. The Morgan fingerprint density at radius 2 is 2.06 bits per heavy atom. The average Bonchev–Trinajstić information content (AvgIpc) is 2.07. The highest BCUT2D eigenvalue weighted by Crippen LogP contribution is 2.23. The summed E-state index contributed by atoms with van der Waals surface area (Å²) in [6, 6.07) is -0.437. The smallest absolute Gasteiger partial charge is 0.246 e. The van der Waals surface area contributed by atoms with Gasteiger partial charge in [-0.25, -0.2) is 0 Å². The number of hydrogen-bond donors (Lipinski definition) is 1. The third-order valence-electron chi connectivity index (χ3n) is 2.53. The van der Waals surface area contributed by atoms with Crippen LogP contribution < -0.4 is 5.32 Å². The standard InChI is InChI=1S/C12H20N2O2/c1-8(2)6-14-7-9(15)13-10(11(14)16)12(3,4)5/h10H,1,6-7H2,2-5H3,(H,13,15). The Kier molecular flexibility index (Phi) is 3.41. The van der Waals surface area contributed by atoms with Gasteiger partial charge in [0.15, 0.2) is 0 Å². The van der Waals surface area contributed by atoms with Crippen molar-refractivity contribution in [3.05, 3.63) is 12.2 Å². The molecule has 0 saturated carbocycles. The zero-order valence-electron chi connectivity index (χ0n) is 10.5. The molecular formula is C12H20N2O2. The van der Waals surface area contributed by atoms with Crippen LogP contribution in [-0.4, -0.2) is 35.8 Å². The second-order valence-electron chi connectivity index (χ2n) is 5.52. The molecular weight excluding hydrogens is 204 g/mol. The summed E-state index contributed by atoms with van der Waals surface area (Å²) in [6.07, 6.45) is 0. The van der Waals surface area contributed by atoms with Gasteiger partial charge in [0.05, 0.1) is 6.54 Å². The van der Waals surface area contributed by atoms with Crippen molar-refractivity contribution in [2.24, 2.45) is 5.41 Å². The monoisotopic (exact) mass is 224 g/mol. The lowest BCUT2D eigenvalue weighted by molar-refractivity contribution is -0.146. The fourth-order valence-corrected chi connectivity index (χ4v) is 1.75. The van der Waals surface area contributed by atoms with Crippen molar-refractivity contribution in [1.82, 2.24) is 10.2 Å². The molecule has 0 aromatic carbocycles. The van der Waals surface area contributed by atoms with Crippen LogP contribution in [-0.2, 0) is 9.59 Å². The molecule has 1 rings (SSSR count). The van der Waals surface area contributed by atoms with Crippen molar-refractivity contribution in [1.29, 1.82) is 0 Å². The summed E-state index contributed by atoms with van der Waals surface area (Å²) in [7, 11) is 0. The molecule has 4 heteroatoms. The van der Waals surface area contributed by atoms with Gasteiger partial charge in [-0.1, -0.05) is 32.9 Å². The van der Waals surface area contributed by atoms with E-state index in [9.17, 15) is 9.59 Å². The van der Waals surface area contributed by atoms with Crippen molar-refractivity contribution in [2.75, 3.05) is 13.1 Å². The molecule has 90 valence electrons. The van der Waals surface area contributed by atoms with Crippen LogP contribution in [0.2, 0.25) is 0 Å². The SMILES string of the molecule is C=C(C)CN1CC(=O)NC(C(C)(C)C)C1=O. The average molecular weight is 224 g/mol. The van der Waals surface area contributed by atoms with Crippen molar-refractivity contribution >= 4 is 11.8 Å².